The lowest BCUT2D eigenvalue weighted by atomic mass is 9.83. The Balaban J connectivity index is 1.18. The fourth-order valence-corrected chi connectivity index (χ4v) is 4.13. The molecule has 10 nitrogen and oxygen atoms in total. The number of unbranched alkanes of at least 4 members (excludes halogenated alkanes) is 1. The third-order valence-corrected chi connectivity index (χ3v) is 6.37. The fraction of sp³-hybridized carbons (Fsp3) is 0.423. The molecule has 208 valence electrons. The van der Waals surface area contributed by atoms with E-state index in [1.165, 1.54) is 41.6 Å². The van der Waals surface area contributed by atoms with Crippen LogP contribution in [0.2, 0.25) is 0 Å². The molecule has 0 radical (unpaired) electrons. The Kier molecular flexibility index (Phi) is 8.99. The third-order valence-electron chi connectivity index (χ3n) is 6.37. The second kappa shape index (κ2) is 12.6. The maximum atomic E-state index is 12.4. The number of nitrogens with zero attached hydrogens (tertiary/aromatic N) is 4. The number of carbonyl (C=O) groups is 2. The molecule has 0 atom stereocenters. The van der Waals surface area contributed by atoms with Gasteiger partial charge in [0.15, 0.2) is 5.69 Å². The van der Waals surface area contributed by atoms with Gasteiger partial charge in [-0.05, 0) is 55.4 Å². The molecule has 3 aromatic rings. The molecule has 1 fully saturated rings. The maximum absolute atomic E-state index is 12.4. The highest BCUT2D eigenvalue weighted by atomic mass is 19.4. The Labute approximate surface area is 222 Å². The zero-order valence-corrected chi connectivity index (χ0v) is 21.1. The molecule has 0 unspecified atom stereocenters. The van der Waals surface area contributed by atoms with Crippen molar-refractivity contribution < 1.29 is 27.5 Å². The van der Waals surface area contributed by atoms with Crippen molar-refractivity contribution in [1.29, 1.82) is 0 Å². The normalized spacial score (nSPS) is 13.5. The van der Waals surface area contributed by atoms with Crippen LogP contribution in [0, 0.1) is 5.92 Å². The summed E-state index contributed by atoms with van der Waals surface area (Å²) in [5, 5.41) is 13.2. The summed E-state index contributed by atoms with van der Waals surface area (Å²) in [6, 6.07) is 8.45. The van der Waals surface area contributed by atoms with E-state index in [1.807, 2.05) is 0 Å². The molecule has 2 amide bonds. The van der Waals surface area contributed by atoms with Gasteiger partial charge in [0, 0.05) is 44.0 Å². The van der Waals surface area contributed by atoms with Crippen LogP contribution < -0.4 is 20.9 Å². The zero-order valence-electron chi connectivity index (χ0n) is 21.1. The molecule has 0 bridgehead atoms. The number of benzene rings is 1. The molecule has 0 saturated heterocycles. The number of nitrogens with one attached hydrogen (secondary N) is 2. The average Bonchev–Trinajstić information content (AvgIpc) is 3.32. The van der Waals surface area contributed by atoms with Crippen molar-refractivity contribution in [2.75, 3.05) is 5.32 Å². The standard InChI is InChI=1S/C26H29F3N6O4/c27-26(28,29)39-21-8-4-7-19(13-21)16-30-25(38)22-17-35(33-32-22)11-2-1-10-34-12-9-20(15-24(34)37)31-23(36)14-18-5-3-6-18/h4,7-9,12-13,15,17-18H,1-3,5-6,10-11,14,16H2,(H,30,38)(H,31,36). The van der Waals surface area contributed by atoms with E-state index in [0.717, 1.165) is 12.8 Å². The second-order valence-corrected chi connectivity index (χ2v) is 9.45. The van der Waals surface area contributed by atoms with E-state index in [4.69, 9.17) is 0 Å². The van der Waals surface area contributed by atoms with Gasteiger partial charge in [-0.15, -0.1) is 18.3 Å². The van der Waals surface area contributed by atoms with Crippen molar-refractivity contribution in [3.8, 4) is 5.75 Å². The van der Waals surface area contributed by atoms with Crippen LogP contribution in [0.25, 0.3) is 0 Å². The summed E-state index contributed by atoms with van der Waals surface area (Å²) in [6.07, 6.45) is 3.51. The molecule has 0 spiro atoms. The van der Waals surface area contributed by atoms with Crippen LogP contribution in [-0.2, 0) is 24.4 Å². The van der Waals surface area contributed by atoms with Crippen LogP contribution in [-0.4, -0.2) is 37.7 Å². The number of anilines is 1. The van der Waals surface area contributed by atoms with Gasteiger partial charge in [0.2, 0.25) is 5.91 Å². The monoisotopic (exact) mass is 546 g/mol. The molecule has 2 heterocycles. The number of amides is 2. The Morgan fingerprint density at radius 2 is 1.90 bits per heavy atom. The van der Waals surface area contributed by atoms with Gasteiger partial charge in [-0.3, -0.25) is 19.1 Å². The lowest BCUT2D eigenvalue weighted by Crippen LogP contribution is -2.23. The Morgan fingerprint density at radius 3 is 2.62 bits per heavy atom. The summed E-state index contributed by atoms with van der Waals surface area (Å²) in [4.78, 5) is 36.8. The maximum Gasteiger partial charge on any atom is 0.573 e. The number of hydrogen-bond acceptors (Lipinski definition) is 6. The summed E-state index contributed by atoms with van der Waals surface area (Å²) in [6.45, 7) is 0.938. The molecule has 0 aliphatic heterocycles. The van der Waals surface area contributed by atoms with Crippen LogP contribution in [0.1, 0.15) is 54.6 Å². The molecule has 2 aromatic heterocycles. The predicted molar refractivity (Wildman–Crippen MR) is 135 cm³/mol. The first-order chi connectivity index (χ1) is 18.6. The van der Waals surface area contributed by atoms with Crippen LogP contribution in [0.3, 0.4) is 0 Å². The third kappa shape index (κ3) is 8.69. The minimum atomic E-state index is -4.80. The molecule has 2 N–H and O–H groups in total. The van der Waals surface area contributed by atoms with Gasteiger partial charge < -0.3 is 19.9 Å². The van der Waals surface area contributed by atoms with Crippen molar-refractivity contribution in [2.45, 2.75) is 64.5 Å². The van der Waals surface area contributed by atoms with Crippen LogP contribution in [0.5, 0.6) is 5.75 Å². The number of rotatable bonds is 12. The van der Waals surface area contributed by atoms with Crippen molar-refractivity contribution in [1.82, 2.24) is 24.9 Å². The minimum absolute atomic E-state index is 0.0154. The number of ether oxygens (including phenoxy) is 1. The molecule has 13 heteroatoms. The summed E-state index contributed by atoms with van der Waals surface area (Å²) in [7, 11) is 0. The van der Waals surface area contributed by atoms with Crippen LogP contribution in [0.4, 0.5) is 18.9 Å². The van der Waals surface area contributed by atoms with Gasteiger partial charge in [0.25, 0.3) is 11.5 Å². The van der Waals surface area contributed by atoms with E-state index in [0.29, 0.717) is 49.5 Å². The van der Waals surface area contributed by atoms with E-state index >= 15 is 0 Å². The summed E-state index contributed by atoms with van der Waals surface area (Å²) < 4.78 is 44.1. The minimum Gasteiger partial charge on any atom is -0.406 e. The molecule has 1 aliphatic rings. The Bertz CT molecular complexity index is 1350. The SMILES string of the molecule is O=C(CC1CCC1)Nc1ccn(CCCCn2cc(C(=O)NCc3cccc(OC(F)(F)F)c3)nn2)c(=O)c1. The fourth-order valence-electron chi connectivity index (χ4n) is 4.13. The molecule has 4 rings (SSSR count). The molecular formula is C26H29F3N6O4. The molecule has 39 heavy (non-hydrogen) atoms. The number of pyridine rings is 1. The van der Waals surface area contributed by atoms with Gasteiger partial charge in [0.05, 0.1) is 6.20 Å². The first-order valence-electron chi connectivity index (χ1n) is 12.7. The van der Waals surface area contributed by atoms with E-state index in [-0.39, 0.29) is 29.5 Å². The number of carbonyl (C=O) groups excluding carboxylic acids is 2. The average molecular weight is 547 g/mol. The van der Waals surface area contributed by atoms with Gasteiger partial charge in [-0.2, -0.15) is 0 Å². The number of hydrogen-bond donors (Lipinski definition) is 2. The van der Waals surface area contributed by atoms with Gasteiger partial charge in [-0.25, -0.2) is 0 Å². The second-order valence-electron chi connectivity index (χ2n) is 9.45. The predicted octanol–water partition coefficient (Wildman–Crippen LogP) is 3.88. The Hall–Kier alpha value is -4.16. The number of aromatic nitrogens is 4. The summed E-state index contributed by atoms with van der Waals surface area (Å²) in [5.74, 6) is -0.504. The summed E-state index contributed by atoms with van der Waals surface area (Å²) in [5.41, 5.74) is 0.795. The van der Waals surface area contributed by atoms with Gasteiger partial charge in [-0.1, -0.05) is 23.8 Å². The van der Waals surface area contributed by atoms with E-state index in [1.54, 1.807) is 22.9 Å². The number of alkyl halides is 3. The van der Waals surface area contributed by atoms with Crippen molar-refractivity contribution in [3.63, 3.8) is 0 Å². The van der Waals surface area contributed by atoms with Gasteiger partial charge in [0.1, 0.15) is 5.75 Å². The topological polar surface area (TPSA) is 120 Å². The van der Waals surface area contributed by atoms with Crippen LogP contribution >= 0.6 is 0 Å². The number of aryl methyl sites for hydroxylation is 2. The van der Waals surface area contributed by atoms with E-state index in [2.05, 4.69) is 25.7 Å². The van der Waals surface area contributed by atoms with Crippen molar-refractivity contribution in [2.24, 2.45) is 5.92 Å². The van der Waals surface area contributed by atoms with Crippen molar-refractivity contribution in [3.05, 3.63) is 70.4 Å². The van der Waals surface area contributed by atoms with E-state index in [9.17, 15) is 27.6 Å². The lowest BCUT2D eigenvalue weighted by Gasteiger charge is -2.24. The van der Waals surface area contributed by atoms with E-state index < -0.39 is 12.3 Å². The van der Waals surface area contributed by atoms with Crippen molar-refractivity contribution >= 4 is 17.5 Å². The number of halogens is 3. The first kappa shape index (κ1) is 27.9. The molecule has 1 aromatic carbocycles. The largest absolute Gasteiger partial charge is 0.573 e. The molecule has 1 saturated carbocycles. The highest BCUT2D eigenvalue weighted by Crippen LogP contribution is 2.29. The zero-order chi connectivity index (χ0) is 27.8. The van der Waals surface area contributed by atoms with Crippen LogP contribution in [0.15, 0.2) is 53.6 Å². The van der Waals surface area contributed by atoms with Gasteiger partial charge >= 0.3 is 6.36 Å². The smallest absolute Gasteiger partial charge is 0.406 e. The molecule has 1 aliphatic carbocycles. The first-order valence-corrected chi connectivity index (χ1v) is 12.7. The Morgan fingerprint density at radius 1 is 1.10 bits per heavy atom. The quantitative estimate of drug-likeness (QED) is 0.333. The summed E-state index contributed by atoms with van der Waals surface area (Å²) >= 11 is 0. The highest BCUT2D eigenvalue weighted by Gasteiger charge is 2.31. The molecular weight excluding hydrogens is 517 g/mol. The lowest BCUT2D eigenvalue weighted by molar-refractivity contribution is -0.274. The highest BCUT2D eigenvalue weighted by molar-refractivity contribution is 5.92.